The number of aromatic nitrogens is 1. The molecule has 1 atom stereocenters. The molecular formula is C12H15F3N2O. The molecule has 1 aromatic rings. The Hall–Kier alpha value is -1.43. The third kappa shape index (κ3) is 3.53. The van der Waals surface area contributed by atoms with Gasteiger partial charge in [0.2, 0.25) is 0 Å². The predicted molar refractivity (Wildman–Crippen MR) is 61.3 cm³/mol. The number of alkyl halides is 3. The molecule has 0 aliphatic rings. The Balaban J connectivity index is 2.99. The summed E-state index contributed by atoms with van der Waals surface area (Å²) in [5.74, 6) is -1.06. The van der Waals surface area contributed by atoms with Crippen molar-refractivity contribution in [2.24, 2.45) is 5.92 Å². The van der Waals surface area contributed by atoms with Crippen LogP contribution in [0.25, 0.3) is 0 Å². The molecule has 0 aliphatic heterocycles. The maximum Gasteiger partial charge on any atom is 0.417 e. The fourth-order valence-electron chi connectivity index (χ4n) is 1.56. The van der Waals surface area contributed by atoms with Crippen molar-refractivity contribution >= 4 is 5.78 Å². The zero-order valence-corrected chi connectivity index (χ0v) is 10.2. The van der Waals surface area contributed by atoms with Crippen LogP contribution in [-0.2, 0) is 6.18 Å². The van der Waals surface area contributed by atoms with Gasteiger partial charge in [-0.1, -0.05) is 13.8 Å². The average molecular weight is 260 g/mol. The molecule has 0 aliphatic carbocycles. The molecule has 0 saturated carbocycles. The highest BCUT2D eigenvalue weighted by atomic mass is 19.4. The van der Waals surface area contributed by atoms with E-state index in [1.807, 2.05) is 6.92 Å². The van der Waals surface area contributed by atoms with Crippen molar-refractivity contribution in [3.63, 3.8) is 0 Å². The van der Waals surface area contributed by atoms with Crippen LogP contribution in [0.5, 0.6) is 0 Å². The van der Waals surface area contributed by atoms with Gasteiger partial charge < -0.3 is 5.32 Å². The van der Waals surface area contributed by atoms with Gasteiger partial charge in [0.05, 0.1) is 5.56 Å². The van der Waals surface area contributed by atoms with E-state index in [1.54, 1.807) is 6.92 Å². The van der Waals surface area contributed by atoms with E-state index in [0.717, 1.165) is 18.5 Å². The van der Waals surface area contributed by atoms with Crippen LogP contribution < -0.4 is 5.32 Å². The first-order chi connectivity index (χ1) is 8.38. The third-order valence-electron chi connectivity index (χ3n) is 2.54. The van der Waals surface area contributed by atoms with Gasteiger partial charge >= 0.3 is 6.18 Å². The predicted octanol–water partition coefficient (Wildman–Crippen LogP) is 2.53. The lowest BCUT2D eigenvalue weighted by atomic mass is 9.96. The number of Topliss-reactive ketones (excluding diaryl/α,β-unsaturated/α-hetero) is 1. The molecule has 0 saturated heterocycles. The van der Waals surface area contributed by atoms with Gasteiger partial charge in [0.25, 0.3) is 0 Å². The maximum atomic E-state index is 12.7. The molecule has 6 heteroatoms. The summed E-state index contributed by atoms with van der Waals surface area (Å²) in [5.41, 5.74) is -1.29. The lowest BCUT2D eigenvalue weighted by Gasteiger charge is -2.15. The normalized spacial score (nSPS) is 13.4. The van der Waals surface area contributed by atoms with E-state index >= 15 is 0 Å². The fraction of sp³-hybridized carbons (Fsp3) is 0.500. The largest absolute Gasteiger partial charge is 0.417 e. The van der Waals surface area contributed by atoms with Crippen LogP contribution in [0.3, 0.4) is 0 Å². The first kappa shape index (κ1) is 14.6. The minimum atomic E-state index is -4.54. The maximum absolute atomic E-state index is 12.7. The highest BCUT2D eigenvalue weighted by Gasteiger charge is 2.35. The monoisotopic (exact) mass is 260 g/mol. The van der Waals surface area contributed by atoms with Crippen LogP contribution in [0.4, 0.5) is 13.2 Å². The molecule has 0 aromatic carbocycles. The molecule has 1 aromatic heterocycles. The topological polar surface area (TPSA) is 42.0 Å². The summed E-state index contributed by atoms with van der Waals surface area (Å²) in [7, 11) is 0. The molecule has 0 fully saturated rings. The summed E-state index contributed by atoms with van der Waals surface area (Å²) in [4.78, 5) is 15.5. The van der Waals surface area contributed by atoms with Gasteiger partial charge in [-0.3, -0.25) is 9.78 Å². The van der Waals surface area contributed by atoms with Crippen molar-refractivity contribution in [1.29, 1.82) is 0 Å². The Morgan fingerprint density at radius 2 is 2.17 bits per heavy atom. The second-order valence-corrected chi connectivity index (χ2v) is 3.99. The van der Waals surface area contributed by atoms with Crippen molar-refractivity contribution in [1.82, 2.24) is 10.3 Å². The molecular weight excluding hydrogens is 245 g/mol. The Labute approximate surface area is 103 Å². The summed E-state index contributed by atoms with van der Waals surface area (Å²) >= 11 is 0. The lowest BCUT2D eigenvalue weighted by molar-refractivity contribution is -0.138. The first-order valence-electron chi connectivity index (χ1n) is 5.64. The number of carbonyl (C=O) groups excluding carboxylic acids is 1. The van der Waals surface area contributed by atoms with Crippen LogP contribution >= 0.6 is 0 Å². The minimum Gasteiger partial charge on any atom is -0.316 e. The van der Waals surface area contributed by atoms with Gasteiger partial charge in [0, 0.05) is 30.4 Å². The van der Waals surface area contributed by atoms with E-state index in [1.165, 1.54) is 0 Å². The van der Waals surface area contributed by atoms with E-state index in [2.05, 4.69) is 10.3 Å². The number of halogens is 3. The number of ketones is 1. The zero-order chi connectivity index (χ0) is 13.8. The van der Waals surface area contributed by atoms with Crippen molar-refractivity contribution in [3.05, 3.63) is 29.6 Å². The fourth-order valence-corrected chi connectivity index (χ4v) is 1.56. The summed E-state index contributed by atoms with van der Waals surface area (Å²) in [5, 5.41) is 2.93. The number of pyridine rings is 1. The van der Waals surface area contributed by atoms with E-state index in [4.69, 9.17) is 0 Å². The Bertz CT molecular complexity index is 418. The SMILES string of the molecule is CCNCC(C)C(=O)c1cnccc1C(F)(F)F. The van der Waals surface area contributed by atoms with E-state index in [0.29, 0.717) is 13.1 Å². The van der Waals surface area contributed by atoms with Gasteiger partial charge in [0.1, 0.15) is 0 Å². The van der Waals surface area contributed by atoms with E-state index in [-0.39, 0.29) is 5.56 Å². The zero-order valence-electron chi connectivity index (χ0n) is 10.2. The number of hydrogen-bond donors (Lipinski definition) is 1. The Morgan fingerprint density at radius 3 is 2.72 bits per heavy atom. The molecule has 0 bridgehead atoms. The summed E-state index contributed by atoms with van der Waals surface area (Å²) in [6.07, 6.45) is -2.52. The number of carbonyl (C=O) groups is 1. The van der Waals surface area contributed by atoms with Gasteiger partial charge in [-0.15, -0.1) is 0 Å². The number of nitrogens with one attached hydrogen (secondary N) is 1. The number of hydrogen-bond acceptors (Lipinski definition) is 3. The van der Waals surface area contributed by atoms with Crippen molar-refractivity contribution in [3.8, 4) is 0 Å². The lowest BCUT2D eigenvalue weighted by Crippen LogP contribution is -2.28. The summed E-state index contributed by atoms with van der Waals surface area (Å²) in [6.45, 7) is 4.47. The van der Waals surface area contributed by atoms with Crippen molar-refractivity contribution < 1.29 is 18.0 Å². The average Bonchev–Trinajstić information content (AvgIpc) is 2.34. The molecule has 1 heterocycles. The summed E-state index contributed by atoms with van der Waals surface area (Å²) < 4.78 is 38.2. The van der Waals surface area contributed by atoms with Gasteiger partial charge in [0.15, 0.2) is 5.78 Å². The quantitative estimate of drug-likeness (QED) is 0.827. The molecule has 100 valence electrons. The molecule has 18 heavy (non-hydrogen) atoms. The molecule has 1 rings (SSSR count). The first-order valence-corrected chi connectivity index (χ1v) is 5.64. The Morgan fingerprint density at radius 1 is 1.50 bits per heavy atom. The molecule has 0 amide bonds. The van der Waals surface area contributed by atoms with Crippen LogP contribution in [-0.4, -0.2) is 23.9 Å². The highest BCUT2D eigenvalue weighted by molar-refractivity contribution is 5.99. The highest BCUT2D eigenvalue weighted by Crippen LogP contribution is 2.32. The van der Waals surface area contributed by atoms with Gasteiger partial charge in [-0.05, 0) is 12.6 Å². The van der Waals surface area contributed by atoms with Crippen LogP contribution in [0.2, 0.25) is 0 Å². The number of nitrogens with zero attached hydrogens (tertiary/aromatic N) is 1. The van der Waals surface area contributed by atoms with Crippen LogP contribution in [0.15, 0.2) is 18.5 Å². The summed E-state index contributed by atoms with van der Waals surface area (Å²) in [6, 6.07) is 0.827. The number of rotatable bonds is 5. The second-order valence-electron chi connectivity index (χ2n) is 3.99. The minimum absolute atomic E-state index is 0.349. The standard InChI is InChI=1S/C12H15F3N2O/c1-3-16-6-8(2)11(18)9-7-17-5-4-10(9)12(13,14)15/h4-5,7-8,16H,3,6H2,1-2H3. The van der Waals surface area contributed by atoms with Crippen molar-refractivity contribution in [2.45, 2.75) is 20.0 Å². The van der Waals surface area contributed by atoms with Gasteiger partial charge in [-0.2, -0.15) is 13.2 Å². The molecule has 3 nitrogen and oxygen atoms in total. The van der Waals surface area contributed by atoms with E-state index < -0.39 is 23.4 Å². The molecule has 1 N–H and O–H groups in total. The van der Waals surface area contributed by atoms with E-state index in [9.17, 15) is 18.0 Å². The van der Waals surface area contributed by atoms with Gasteiger partial charge in [-0.25, -0.2) is 0 Å². The molecule has 0 radical (unpaired) electrons. The van der Waals surface area contributed by atoms with Crippen molar-refractivity contribution in [2.75, 3.05) is 13.1 Å². The third-order valence-corrected chi connectivity index (χ3v) is 2.54. The second kappa shape index (κ2) is 5.95. The molecule has 1 unspecified atom stereocenters. The Kier molecular flexibility index (Phi) is 4.84. The smallest absolute Gasteiger partial charge is 0.316 e. The van der Waals surface area contributed by atoms with Crippen LogP contribution in [0, 0.1) is 5.92 Å². The molecule has 0 spiro atoms. The van der Waals surface area contributed by atoms with Crippen LogP contribution in [0.1, 0.15) is 29.8 Å².